The van der Waals surface area contributed by atoms with Crippen molar-refractivity contribution < 1.29 is 27.1 Å². The van der Waals surface area contributed by atoms with Gasteiger partial charge in [0.2, 0.25) is 5.91 Å². The van der Waals surface area contributed by atoms with E-state index >= 15 is 4.39 Å². The third-order valence-electron chi connectivity index (χ3n) is 6.39. The van der Waals surface area contributed by atoms with Crippen LogP contribution in [0.15, 0.2) is 53.4 Å². The molecule has 0 saturated heterocycles. The van der Waals surface area contributed by atoms with Crippen LogP contribution < -0.4 is 10.1 Å². The molecule has 0 radical (unpaired) electrons. The van der Waals surface area contributed by atoms with Gasteiger partial charge in [-0.3, -0.25) is 9.59 Å². The maximum Gasteiger partial charge on any atom is 0.254 e. The Balaban J connectivity index is 1.66. The number of hydrogen-bond acceptors (Lipinski definition) is 5. The predicted octanol–water partition coefficient (Wildman–Crippen LogP) is 4.76. The molecular weight excluding hydrogens is 495 g/mol. The number of benzene rings is 3. The van der Waals surface area contributed by atoms with Gasteiger partial charge in [-0.25, -0.2) is 12.8 Å². The molecule has 0 spiro atoms. The molecule has 0 aliphatic carbocycles. The highest BCUT2D eigenvalue weighted by Gasteiger charge is 2.27. The Morgan fingerprint density at radius 3 is 2.43 bits per heavy atom. The second kappa shape index (κ2) is 10.3. The summed E-state index contributed by atoms with van der Waals surface area (Å²) in [4.78, 5) is 26.1. The van der Waals surface area contributed by atoms with Crippen LogP contribution in [0.25, 0.3) is 11.1 Å². The van der Waals surface area contributed by atoms with Crippen molar-refractivity contribution in [2.45, 2.75) is 38.6 Å². The lowest BCUT2D eigenvalue weighted by Gasteiger charge is -2.22. The molecule has 0 unspecified atom stereocenters. The maximum absolute atomic E-state index is 15.0. The van der Waals surface area contributed by atoms with E-state index < -0.39 is 20.5 Å². The molecule has 1 N–H and O–H groups in total. The fraction of sp³-hybridized carbons (Fsp3) is 0.286. The second-order valence-electron chi connectivity index (χ2n) is 9.14. The molecule has 3 aromatic carbocycles. The van der Waals surface area contributed by atoms with Crippen molar-refractivity contribution >= 4 is 27.3 Å². The number of ether oxygens (including phenoxy) is 1. The molecule has 0 bridgehead atoms. The number of hydrogen-bond donors (Lipinski definition) is 1. The van der Waals surface area contributed by atoms with E-state index in [0.29, 0.717) is 12.3 Å². The Kier molecular flexibility index (Phi) is 7.36. The first-order valence-electron chi connectivity index (χ1n) is 11.9. The van der Waals surface area contributed by atoms with Crippen LogP contribution in [0, 0.1) is 12.7 Å². The average Bonchev–Trinajstić information content (AvgIpc) is 3.05. The Morgan fingerprint density at radius 2 is 1.78 bits per heavy atom. The van der Waals surface area contributed by atoms with Crippen molar-refractivity contribution in [2.24, 2.45) is 0 Å². The number of halogens is 1. The van der Waals surface area contributed by atoms with Gasteiger partial charge < -0.3 is 15.0 Å². The molecule has 1 heterocycles. The van der Waals surface area contributed by atoms with E-state index in [0.717, 1.165) is 40.3 Å². The van der Waals surface area contributed by atoms with Gasteiger partial charge in [-0.1, -0.05) is 19.1 Å². The minimum atomic E-state index is -3.76. The van der Waals surface area contributed by atoms with Gasteiger partial charge in [-0.05, 0) is 66.4 Å². The van der Waals surface area contributed by atoms with E-state index in [2.05, 4.69) is 5.32 Å². The summed E-state index contributed by atoms with van der Waals surface area (Å²) < 4.78 is 44.8. The Morgan fingerprint density at radius 1 is 1.08 bits per heavy atom. The van der Waals surface area contributed by atoms with Gasteiger partial charge in [0, 0.05) is 42.1 Å². The number of carbonyl (C=O) groups excluding carboxylic acids is 2. The molecule has 1 aliphatic rings. The van der Waals surface area contributed by atoms with Crippen molar-refractivity contribution in [1.82, 2.24) is 4.90 Å². The van der Waals surface area contributed by atoms with Crippen LogP contribution in [-0.2, 0) is 27.6 Å². The monoisotopic (exact) mass is 524 g/mol. The summed E-state index contributed by atoms with van der Waals surface area (Å²) >= 11 is 0. The standard InChI is InChI=1S/C28H29FN2O5S/c1-5-22-23(8-11-26(27(22)29)37(4,34)35)28(33)31-12-13-36-25-10-7-20(15-21(25)16-31)19-6-9-24(17(2)14-19)30-18(3)32/h6-11,14-15H,5,12-13,16H2,1-4H3,(H,30,32). The van der Waals surface area contributed by atoms with Gasteiger partial charge in [-0.2, -0.15) is 0 Å². The summed E-state index contributed by atoms with van der Waals surface area (Å²) in [5, 5.41) is 2.81. The molecule has 37 heavy (non-hydrogen) atoms. The minimum Gasteiger partial charge on any atom is -0.491 e. The molecule has 7 nitrogen and oxygen atoms in total. The highest BCUT2D eigenvalue weighted by molar-refractivity contribution is 7.90. The van der Waals surface area contributed by atoms with Crippen molar-refractivity contribution in [3.05, 3.63) is 76.6 Å². The van der Waals surface area contributed by atoms with Crippen LogP contribution in [0.1, 0.15) is 40.9 Å². The first-order valence-corrected chi connectivity index (χ1v) is 13.8. The number of aryl methyl sites for hydroxylation is 1. The van der Waals surface area contributed by atoms with Gasteiger partial charge >= 0.3 is 0 Å². The van der Waals surface area contributed by atoms with Crippen LogP contribution in [0.2, 0.25) is 0 Å². The van der Waals surface area contributed by atoms with Crippen LogP contribution in [0.3, 0.4) is 0 Å². The summed E-state index contributed by atoms with van der Waals surface area (Å²) in [6, 6.07) is 14.1. The van der Waals surface area contributed by atoms with Crippen molar-refractivity contribution in [3.8, 4) is 16.9 Å². The van der Waals surface area contributed by atoms with Gasteiger partial charge in [0.15, 0.2) is 9.84 Å². The molecule has 3 aromatic rings. The van der Waals surface area contributed by atoms with Crippen molar-refractivity contribution in [1.29, 1.82) is 0 Å². The van der Waals surface area contributed by atoms with E-state index in [1.807, 2.05) is 43.3 Å². The smallest absolute Gasteiger partial charge is 0.254 e. The van der Waals surface area contributed by atoms with Crippen LogP contribution in [-0.4, -0.2) is 44.5 Å². The Labute approximate surface area is 216 Å². The summed E-state index contributed by atoms with van der Waals surface area (Å²) in [5.41, 5.74) is 4.57. The molecule has 9 heteroatoms. The van der Waals surface area contributed by atoms with Crippen molar-refractivity contribution in [2.75, 3.05) is 24.7 Å². The zero-order chi connectivity index (χ0) is 26.9. The predicted molar refractivity (Wildman–Crippen MR) is 140 cm³/mol. The normalized spacial score (nSPS) is 13.4. The van der Waals surface area contributed by atoms with Gasteiger partial charge in [0.1, 0.15) is 23.1 Å². The van der Waals surface area contributed by atoms with Crippen LogP contribution in [0.4, 0.5) is 10.1 Å². The van der Waals surface area contributed by atoms with Crippen LogP contribution in [0.5, 0.6) is 5.75 Å². The highest BCUT2D eigenvalue weighted by Crippen LogP contribution is 2.32. The lowest BCUT2D eigenvalue weighted by molar-refractivity contribution is -0.114. The number of rotatable bonds is 5. The summed E-state index contributed by atoms with van der Waals surface area (Å²) in [6.45, 7) is 5.89. The van der Waals surface area contributed by atoms with Gasteiger partial charge in [0.05, 0.1) is 6.54 Å². The fourth-order valence-electron chi connectivity index (χ4n) is 4.52. The van der Waals surface area contributed by atoms with Crippen molar-refractivity contribution in [3.63, 3.8) is 0 Å². The lowest BCUT2D eigenvalue weighted by Crippen LogP contribution is -2.33. The molecule has 2 amide bonds. The number of amides is 2. The minimum absolute atomic E-state index is 0.0850. The second-order valence-corrected chi connectivity index (χ2v) is 11.1. The lowest BCUT2D eigenvalue weighted by atomic mass is 9.99. The fourth-order valence-corrected chi connectivity index (χ4v) is 5.29. The first-order chi connectivity index (χ1) is 17.5. The molecular formula is C28H29FN2O5S. The topological polar surface area (TPSA) is 92.8 Å². The van der Waals surface area contributed by atoms with E-state index in [1.54, 1.807) is 11.8 Å². The van der Waals surface area contributed by atoms with Gasteiger partial charge in [-0.15, -0.1) is 0 Å². The SMILES string of the molecule is CCc1c(C(=O)N2CCOc3ccc(-c4ccc(NC(C)=O)c(C)c4)cc3C2)ccc(S(C)(=O)=O)c1F. The molecule has 194 valence electrons. The van der Waals surface area contributed by atoms with E-state index in [9.17, 15) is 18.0 Å². The number of sulfone groups is 1. The summed E-state index contributed by atoms with van der Waals surface area (Å²) in [5.74, 6) is -0.726. The molecule has 0 aromatic heterocycles. The quantitative estimate of drug-likeness (QED) is 0.520. The van der Waals surface area contributed by atoms with E-state index in [-0.39, 0.29) is 42.5 Å². The largest absolute Gasteiger partial charge is 0.491 e. The molecule has 0 fully saturated rings. The number of anilines is 1. The zero-order valence-corrected chi connectivity index (χ0v) is 22.0. The average molecular weight is 525 g/mol. The third-order valence-corrected chi connectivity index (χ3v) is 7.50. The maximum atomic E-state index is 15.0. The molecule has 1 aliphatic heterocycles. The number of carbonyl (C=O) groups is 2. The highest BCUT2D eigenvalue weighted by atomic mass is 32.2. The molecule has 0 atom stereocenters. The van der Waals surface area contributed by atoms with Crippen LogP contribution >= 0.6 is 0 Å². The molecule has 0 saturated carbocycles. The van der Waals surface area contributed by atoms with E-state index in [1.165, 1.54) is 13.0 Å². The van der Waals surface area contributed by atoms with Gasteiger partial charge in [0.25, 0.3) is 5.91 Å². The summed E-state index contributed by atoms with van der Waals surface area (Å²) in [6.07, 6.45) is 1.12. The van der Waals surface area contributed by atoms with E-state index in [4.69, 9.17) is 4.74 Å². The third kappa shape index (κ3) is 5.51. The first kappa shape index (κ1) is 26.3. The molecule has 4 rings (SSSR count). The number of nitrogens with one attached hydrogen (secondary N) is 1. The Bertz CT molecular complexity index is 1500. The zero-order valence-electron chi connectivity index (χ0n) is 21.2. The summed E-state index contributed by atoms with van der Waals surface area (Å²) in [7, 11) is -3.76. The number of nitrogens with zero attached hydrogens (tertiary/aromatic N) is 1. The number of fused-ring (bicyclic) bond motifs is 1. The Hall–Kier alpha value is -3.72.